The number of rotatable bonds is 5. The number of benzene rings is 1. The first-order valence-corrected chi connectivity index (χ1v) is 6.82. The minimum absolute atomic E-state index is 0.549. The van der Waals surface area contributed by atoms with Crippen molar-refractivity contribution in [1.29, 1.82) is 0 Å². The summed E-state index contributed by atoms with van der Waals surface area (Å²) in [5, 5.41) is 0. The first-order chi connectivity index (χ1) is 7.49. The van der Waals surface area contributed by atoms with Crippen LogP contribution < -0.4 is 0 Å². The van der Waals surface area contributed by atoms with Crippen molar-refractivity contribution in [2.45, 2.75) is 38.1 Å². The molecular weight excluding hydrogens is 262 g/mol. The number of hydrogen-bond acceptors (Lipinski definition) is 1. The van der Waals surface area contributed by atoms with E-state index < -0.39 is 0 Å². The molecule has 0 saturated heterocycles. The number of nitrogens with zero attached hydrogens (tertiary/aromatic N) is 1. The molecule has 0 aromatic heterocycles. The van der Waals surface area contributed by atoms with Gasteiger partial charge in [0.1, 0.15) is 0 Å². The third-order valence-electron chi connectivity index (χ3n) is 2.66. The maximum atomic E-state index is 3.58. The van der Waals surface area contributed by atoms with Crippen LogP contribution in [0.3, 0.4) is 0 Å². The molecular formula is C14H22BrN. The van der Waals surface area contributed by atoms with E-state index in [0.29, 0.717) is 10.7 Å². The monoisotopic (exact) mass is 283 g/mol. The van der Waals surface area contributed by atoms with Crippen LogP contribution in [0, 0.1) is 0 Å². The molecule has 1 aromatic rings. The van der Waals surface area contributed by atoms with Gasteiger partial charge in [-0.3, -0.25) is 0 Å². The summed E-state index contributed by atoms with van der Waals surface area (Å²) >= 11 is 3.58. The topological polar surface area (TPSA) is 3.24 Å². The Bertz CT molecular complexity index is 303. The number of hydrogen-bond donors (Lipinski definition) is 0. The third kappa shape index (κ3) is 4.67. The molecule has 0 aliphatic carbocycles. The number of halogens is 1. The fraction of sp³-hybridized carbons (Fsp3) is 0.571. The van der Waals surface area contributed by atoms with E-state index in [0.717, 1.165) is 13.1 Å². The molecule has 0 radical (unpaired) electrons. The van der Waals surface area contributed by atoms with Gasteiger partial charge in [-0.05, 0) is 24.1 Å². The molecule has 0 aliphatic rings. The molecule has 2 heteroatoms. The van der Waals surface area contributed by atoms with Gasteiger partial charge in [0.25, 0.3) is 0 Å². The van der Waals surface area contributed by atoms with Gasteiger partial charge in [-0.25, -0.2) is 0 Å². The Labute approximate surface area is 108 Å². The summed E-state index contributed by atoms with van der Waals surface area (Å²) < 4.78 is 0. The largest absolute Gasteiger partial charge is 0.301 e. The zero-order valence-corrected chi connectivity index (χ0v) is 12.3. The average molecular weight is 284 g/mol. The Hall–Kier alpha value is -0.340. The second-order valence-corrected chi connectivity index (χ2v) is 6.44. The van der Waals surface area contributed by atoms with Gasteiger partial charge in [0, 0.05) is 17.9 Å². The molecule has 0 amide bonds. The van der Waals surface area contributed by atoms with E-state index in [9.17, 15) is 0 Å². The SMILES string of the molecule is CC(Br)CN(C)Cc1ccc(C(C)C)cc1. The van der Waals surface area contributed by atoms with Crippen molar-refractivity contribution in [2.24, 2.45) is 0 Å². The normalized spacial score (nSPS) is 13.4. The second kappa shape index (κ2) is 6.41. The van der Waals surface area contributed by atoms with Crippen molar-refractivity contribution in [3.8, 4) is 0 Å². The van der Waals surface area contributed by atoms with Crippen LogP contribution in [0.4, 0.5) is 0 Å². The lowest BCUT2D eigenvalue weighted by atomic mass is 10.0. The summed E-state index contributed by atoms with van der Waals surface area (Å²) in [7, 11) is 2.16. The average Bonchev–Trinajstić information content (AvgIpc) is 2.16. The predicted octanol–water partition coefficient (Wildman–Crippen LogP) is 4.03. The molecule has 0 bridgehead atoms. The predicted molar refractivity (Wildman–Crippen MR) is 75.3 cm³/mol. The summed E-state index contributed by atoms with van der Waals surface area (Å²) in [5.74, 6) is 0.620. The smallest absolute Gasteiger partial charge is 0.0244 e. The standard InChI is InChI=1S/C14H22BrN/c1-11(2)14-7-5-13(6-8-14)10-16(4)9-12(3)15/h5-8,11-12H,9-10H2,1-4H3. The Morgan fingerprint density at radius 1 is 1.12 bits per heavy atom. The molecule has 90 valence electrons. The minimum Gasteiger partial charge on any atom is -0.301 e. The van der Waals surface area contributed by atoms with Crippen LogP contribution in [-0.4, -0.2) is 23.3 Å². The highest BCUT2D eigenvalue weighted by Gasteiger charge is 2.04. The molecule has 0 N–H and O–H groups in total. The molecule has 1 rings (SSSR count). The molecule has 0 fully saturated rings. The molecule has 0 heterocycles. The Balaban J connectivity index is 2.55. The van der Waals surface area contributed by atoms with Crippen molar-refractivity contribution in [1.82, 2.24) is 4.90 Å². The van der Waals surface area contributed by atoms with Crippen LogP contribution >= 0.6 is 15.9 Å². The first kappa shape index (κ1) is 13.7. The first-order valence-electron chi connectivity index (χ1n) is 5.90. The van der Waals surface area contributed by atoms with Gasteiger partial charge in [0.2, 0.25) is 0 Å². The van der Waals surface area contributed by atoms with Crippen LogP contribution in [0.2, 0.25) is 0 Å². The summed E-state index contributed by atoms with van der Waals surface area (Å²) in [5.41, 5.74) is 2.81. The Morgan fingerprint density at radius 3 is 2.12 bits per heavy atom. The summed E-state index contributed by atoms with van der Waals surface area (Å²) in [6, 6.07) is 8.96. The Kier molecular flexibility index (Phi) is 5.50. The van der Waals surface area contributed by atoms with E-state index in [1.807, 2.05) is 0 Å². The molecule has 1 aromatic carbocycles. The van der Waals surface area contributed by atoms with Gasteiger partial charge in [0.05, 0.1) is 0 Å². The van der Waals surface area contributed by atoms with Crippen molar-refractivity contribution < 1.29 is 0 Å². The second-order valence-electron chi connectivity index (χ2n) is 4.87. The zero-order chi connectivity index (χ0) is 12.1. The van der Waals surface area contributed by atoms with Crippen molar-refractivity contribution in [2.75, 3.05) is 13.6 Å². The molecule has 0 saturated carbocycles. The van der Waals surface area contributed by atoms with Gasteiger partial charge >= 0.3 is 0 Å². The quantitative estimate of drug-likeness (QED) is 0.738. The van der Waals surface area contributed by atoms with E-state index in [1.165, 1.54) is 11.1 Å². The van der Waals surface area contributed by atoms with Gasteiger partial charge in [0.15, 0.2) is 0 Å². The van der Waals surface area contributed by atoms with E-state index in [4.69, 9.17) is 0 Å². The highest BCUT2D eigenvalue weighted by atomic mass is 79.9. The van der Waals surface area contributed by atoms with Crippen molar-refractivity contribution in [3.63, 3.8) is 0 Å². The van der Waals surface area contributed by atoms with Gasteiger partial charge < -0.3 is 4.90 Å². The minimum atomic E-state index is 0.549. The van der Waals surface area contributed by atoms with Gasteiger partial charge in [-0.15, -0.1) is 0 Å². The molecule has 1 nitrogen and oxygen atoms in total. The van der Waals surface area contributed by atoms with Crippen molar-refractivity contribution in [3.05, 3.63) is 35.4 Å². The zero-order valence-electron chi connectivity index (χ0n) is 10.7. The maximum absolute atomic E-state index is 3.58. The van der Waals surface area contributed by atoms with Crippen molar-refractivity contribution >= 4 is 15.9 Å². The fourth-order valence-electron chi connectivity index (χ4n) is 1.81. The Morgan fingerprint density at radius 2 is 1.69 bits per heavy atom. The number of alkyl halides is 1. The molecule has 0 spiro atoms. The van der Waals surface area contributed by atoms with Crippen LogP contribution in [-0.2, 0) is 6.54 Å². The summed E-state index contributed by atoms with van der Waals surface area (Å²) in [6.07, 6.45) is 0. The highest BCUT2D eigenvalue weighted by Crippen LogP contribution is 2.15. The van der Waals surface area contributed by atoms with E-state index in [2.05, 4.69) is 72.9 Å². The lowest BCUT2D eigenvalue weighted by Gasteiger charge is -2.18. The van der Waals surface area contributed by atoms with Gasteiger partial charge in [-0.1, -0.05) is 61.0 Å². The van der Waals surface area contributed by atoms with Gasteiger partial charge in [-0.2, -0.15) is 0 Å². The fourth-order valence-corrected chi connectivity index (χ4v) is 2.31. The van der Waals surface area contributed by atoms with E-state index in [1.54, 1.807) is 0 Å². The maximum Gasteiger partial charge on any atom is 0.0244 e. The van der Waals surface area contributed by atoms with Crippen LogP contribution in [0.1, 0.15) is 37.8 Å². The summed E-state index contributed by atoms with van der Waals surface area (Å²) in [6.45, 7) is 8.74. The van der Waals surface area contributed by atoms with Crippen LogP contribution in [0.15, 0.2) is 24.3 Å². The molecule has 16 heavy (non-hydrogen) atoms. The lowest BCUT2D eigenvalue weighted by Crippen LogP contribution is -2.23. The van der Waals surface area contributed by atoms with E-state index in [-0.39, 0.29) is 0 Å². The van der Waals surface area contributed by atoms with Crippen LogP contribution in [0.25, 0.3) is 0 Å². The highest BCUT2D eigenvalue weighted by molar-refractivity contribution is 9.09. The summed E-state index contributed by atoms with van der Waals surface area (Å²) in [4.78, 5) is 2.89. The third-order valence-corrected chi connectivity index (χ3v) is 2.95. The molecule has 0 aliphatic heterocycles. The van der Waals surface area contributed by atoms with Crippen LogP contribution in [0.5, 0.6) is 0 Å². The molecule has 1 unspecified atom stereocenters. The lowest BCUT2D eigenvalue weighted by molar-refractivity contribution is 0.333. The van der Waals surface area contributed by atoms with E-state index >= 15 is 0 Å². The molecule has 1 atom stereocenters.